The molecule has 2 aromatic carbocycles. The van der Waals surface area contributed by atoms with Gasteiger partial charge in [-0.15, -0.1) is 0 Å². The average Bonchev–Trinajstić information content (AvgIpc) is 3.08. The van der Waals surface area contributed by atoms with Crippen LogP contribution in [-0.2, 0) is 6.54 Å². The lowest BCUT2D eigenvalue weighted by atomic mass is 10.1. The number of amides is 2. The molecule has 3 N–H and O–H groups in total. The second-order valence-electron chi connectivity index (χ2n) is 5.41. The van der Waals surface area contributed by atoms with Crippen LogP contribution in [0.1, 0.15) is 26.3 Å². The summed E-state index contributed by atoms with van der Waals surface area (Å²) in [5, 5.41) is 6.70. The molecule has 2 amide bonds. The number of nitrogens with zero attached hydrogens (tertiary/aromatic N) is 2. The fourth-order valence-electron chi connectivity index (χ4n) is 2.34. The molecule has 3 rings (SSSR count). The molecule has 3 aromatic rings. The van der Waals surface area contributed by atoms with Crippen LogP contribution in [0.3, 0.4) is 0 Å². The highest BCUT2D eigenvalue weighted by Crippen LogP contribution is 2.16. The van der Waals surface area contributed by atoms with E-state index in [1.54, 1.807) is 23.0 Å². The molecule has 0 aliphatic carbocycles. The molecule has 25 heavy (non-hydrogen) atoms. The molecule has 1 aromatic heterocycles. The molecule has 0 unspecified atom stereocenters. The molecule has 0 saturated heterocycles. The van der Waals surface area contributed by atoms with E-state index < -0.39 is 11.7 Å². The highest BCUT2D eigenvalue weighted by atomic mass is 19.1. The lowest BCUT2D eigenvalue weighted by Crippen LogP contribution is -2.15. The molecule has 0 aliphatic rings. The number of primary amides is 1. The van der Waals surface area contributed by atoms with Crippen LogP contribution in [0.5, 0.6) is 0 Å². The first kappa shape index (κ1) is 16.4. The van der Waals surface area contributed by atoms with Crippen molar-refractivity contribution in [1.82, 2.24) is 9.78 Å². The van der Waals surface area contributed by atoms with Gasteiger partial charge in [-0.25, -0.2) is 4.39 Å². The second kappa shape index (κ2) is 6.96. The maximum atomic E-state index is 13.7. The number of hydrogen-bond acceptors (Lipinski definition) is 3. The van der Waals surface area contributed by atoms with Gasteiger partial charge in [0.05, 0.1) is 12.1 Å². The molecule has 0 fully saturated rings. The van der Waals surface area contributed by atoms with Crippen molar-refractivity contribution >= 4 is 17.5 Å². The zero-order valence-corrected chi connectivity index (χ0v) is 13.1. The summed E-state index contributed by atoms with van der Waals surface area (Å²) in [6.07, 6.45) is 3.55. The van der Waals surface area contributed by atoms with Crippen LogP contribution >= 0.6 is 0 Å². The summed E-state index contributed by atoms with van der Waals surface area (Å²) in [6, 6.07) is 12.6. The number of anilines is 1. The molecule has 0 spiro atoms. The Hall–Kier alpha value is -3.48. The monoisotopic (exact) mass is 338 g/mol. The van der Waals surface area contributed by atoms with E-state index in [9.17, 15) is 14.0 Å². The van der Waals surface area contributed by atoms with Gasteiger partial charge in [-0.1, -0.05) is 12.1 Å². The second-order valence-corrected chi connectivity index (χ2v) is 5.41. The van der Waals surface area contributed by atoms with Crippen LogP contribution in [0, 0.1) is 5.82 Å². The summed E-state index contributed by atoms with van der Waals surface area (Å²) in [4.78, 5) is 23.2. The van der Waals surface area contributed by atoms with Crippen molar-refractivity contribution in [2.24, 2.45) is 5.73 Å². The van der Waals surface area contributed by atoms with E-state index in [1.807, 2.05) is 24.4 Å². The molecular weight excluding hydrogens is 323 g/mol. The van der Waals surface area contributed by atoms with Crippen molar-refractivity contribution in [2.45, 2.75) is 6.54 Å². The first-order valence-electron chi connectivity index (χ1n) is 7.50. The Balaban J connectivity index is 1.69. The van der Waals surface area contributed by atoms with Gasteiger partial charge >= 0.3 is 0 Å². The van der Waals surface area contributed by atoms with Gasteiger partial charge in [-0.2, -0.15) is 5.10 Å². The molecule has 126 valence electrons. The number of carbonyl (C=O) groups excluding carboxylic acids is 2. The van der Waals surface area contributed by atoms with Crippen molar-refractivity contribution < 1.29 is 14.0 Å². The smallest absolute Gasteiger partial charge is 0.255 e. The van der Waals surface area contributed by atoms with Crippen molar-refractivity contribution in [3.05, 3.63) is 83.4 Å². The minimum absolute atomic E-state index is 0.221. The Kier molecular flexibility index (Phi) is 4.56. The Morgan fingerprint density at radius 3 is 2.52 bits per heavy atom. The molecule has 0 atom stereocenters. The topological polar surface area (TPSA) is 90.0 Å². The van der Waals surface area contributed by atoms with Gasteiger partial charge in [0.25, 0.3) is 11.8 Å². The number of benzene rings is 2. The van der Waals surface area contributed by atoms with Gasteiger partial charge in [-0.05, 0) is 42.0 Å². The number of aromatic nitrogens is 2. The maximum Gasteiger partial charge on any atom is 0.255 e. The first-order valence-corrected chi connectivity index (χ1v) is 7.50. The normalized spacial score (nSPS) is 10.4. The van der Waals surface area contributed by atoms with E-state index in [4.69, 9.17) is 5.73 Å². The highest BCUT2D eigenvalue weighted by molar-refractivity contribution is 6.04. The summed E-state index contributed by atoms with van der Waals surface area (Å²) < 4.78 is 15.5. The summed E-state index contributed by atoms with van der Waals surface area (Å²) >= 11 is 0. The number of hydrogen-bond donors (Lipinski definition) is 2. The van der Waals surface area contributed by atoms with Crippen LogP contribution in [0.2, 0.25) is 0 Å². The van der Waals surface area contributed by atoms with Crippen LogP contribution in [0.25, 0.3) is 0 Å². The minimum atomic E-state index is -0.858. The fourth-order valence-corrected chi connectivity index (χ4v) is 2.34. The Bertz CT molecular complexity index is 905. The van der Waals surface area contributed by atoms with Gasteiger partial charge in [0.1, 0.15) is 5.82 Å². The number of carbonyl (C=O) groups is 2. The predicted molar refractivity (Wildman–Crippen MR) is 90.6 cm³/mol. The minimum Gasteiger partial charge on any atom is -0.366 e. The lowest BCUT2D eigenvalue weighted by molar-refractivity contribution is 0.0995. The standard InChI is InChI=1S/C18H15FN4O2/c19-16-10-14(6-7-15(16)17(20)24)22-18(25)13-4-2-12(3-5-13)11-23-9-1-8-21-23/h1-10H,11H2,(H2,20,24)(H,22,25). The molecule has 0 aliphatic heterocycles. The first-order chi connectivity index (χ1) is 12.0. The van der Waals surface area contributed by atoms with Crippen LogP contribution in [0.15, 0.2) is 60.9 Å². The maximum absolute atomic E-state index is 13.7. The molecule has 7 heteroatoms. The van der Waals surface area contributed by atoms with Gasteiger partial charge in [0.2, 0.25) is 0 Å². The summed E-state index contributed by atoms with van der Waals surface area (Å²) in [5.41, 5.74) is 6.50. The Labute approximate surface area is 143 Å². The number of nitrogens with one attached hydrogen (secondary N) is 1. The largest absolute Gasteiger partial charge is 0.366 e. The molecule has 0 saturated carbocycles. The average molecular weight is 338 g/mol. The third-order valence-electron chi connectivity index (χ3n) is 3.61. The van der Waals surface area contributed by atoms with Gasteiger partial charge in [-0.3, -0.25) is 14.3 Å². The van der Waals surface area contributed by atoms with Crippen molar-refractivity contribution in [1.29, 1.82) is 0 Å². The van der Waals surface area contributed by atoms with Crippen molar-refractivity contribution in [3.63, 3.8) is 0 Å². The quantitative estimate of drug-likeness (QED) is 0.748. The zero-order valence-electron chi connectivity index (χ0n) is 13.1. The molecule has 0 bridgehead atoms. The highest BCUT2D eigenvalue weighted by Gasteiger charge is 2.11. The van der Waals surface area contributed by atoms with E-state index >= 15 is 0 Å². The molecule has 0 radical (unpaired) electrons. The number of nitrogens with two attached hydrogens (primary N) is 1. The van der Waals surface area contributed by atoms with Crippen LogP contribution in [0.4, 0.5) is 10.1 Å². The van der Waals surface area contributed by atoms with Gasteiger partial charge in [0.15, 0.2) is 0 Å². The summed E-state index contributed by atoms with van der Waals surface area (Å²) in [6.45, 7) is 0.606. The lowest BCUT2D eigenvalue weighted by Gasteiger charge is -2.08. The van der Waals surface area contributed by atoms with E-state index in [0.29, 0.717) is 12.1 Å². The Morgan fingerprint density at radius 2 is 1.92 bits per heavy atom. The third-order valence-corrected chi connectivity index (χ3v) is 3.61. The zero-order chi connectivity index (χ0) is 17.8. The SMILES string of the molecule is NC(=O)c1ccc(NC(=O)c2ccc(Cn3cccn3)cc2)cc1F. The summed E-state index contributed by atoms with van der Waals surface area (Å²) in [7, 11) is 0. The fraction of sp³-hybridized carbons (Fsp3) is 0.0556. The van der Waals surface area contributed by atoms with Crippen LogP contribution in [-0.4, -0.2) is 21.6 Å². The predicted octanol–water partition coefficient (Wildman–Crippen LogP) is 2.42. The van der Waals surface area contributed by atoms with Crippen molar-refractivity contribution in [3.8, 4) is 0 Å². The molecule has 6 nitrogen and oxygen atoms in total. The van der Waals surface area contributed by atoms with E-state index in [0.717, 1.165) is 11.6 Å². The van der Waals surface area contributed by atoms with E-state index in [-0.39, 0.29) is 17.2 Å². The van der Waals surface area contributed by atoms with Gasteiger partial charge in [0, 0.05) is 23.6 Å². The number of halogens is 1. The molecular formula is C18H15FN4O2. The number of rotatable bonds is 5. The van der Waals surface area contributed by atoms with Crippen molar-refractivity contribution in [2.75, 3.05) is 5.32 Å². The van der Waals surface area contributed by atoms with E-state index in [1.165, 1.54) is 12.1 Å². The summed E-state index contributed by atoms with van der Waals surface area (Å²) in [5.74, 6) is -2.01. The molecule has 1 heterocycles. The van der Waals surface area contributed by atoms with E-state index in [2.05, 4.69) is 10.4 Å². The third kappa shape index (κ3) is 3.89. The van der Waals surface area contributed by atoms with Crippen LogP contribution < -0.4 is 11.1 Å². The van der Waals surface area contributed by atoms with Gasteiger partial charge < -0.3 is 11.1 Å². The Morgan fingerprint density at radius 1 is 1.16 bits per heavy atom.